The first-order valence-corrected chi connectivity index (χ1v) is 8.65. The highest BCUT2D eigenvalue weighted by molar-refractivity contribution is 5.50. The smallest absolute Gasteiger partial charge is 0.255 e. The van der Waals surface area contributed by atoms with Gasteiger partial charge in [0.25, 0.3) is 5.88 Å². The number of anilines is 2. The quantitative estimate of drug-likeness (QED) is 0.823. The first-order valence-electron chi connectivity index (χ1n) is 8.65. The summed E-state index contributed by atoms with van der Waals surface area (Å²) in [6.45, 7) is 2.41. The molecule has 0 aromatic carbocycles. The number of hydrogen-bond acceptors (Lipinski definition) is 5. The van der Waals surface area contributed by atoms with E-state index in [1.807, 2.05) is 0 Å². The third-order valence-corrected chi connectivity index (χ3v) is 4.51. The zero-order valence-corrected chi connectivity index (χ0v) is 14.3. The van der Waals surface area contributed by atoms with E-state index in [9.17, 15) is 8.78 Å². The van der Waals surface area contributed by atoms with E-state index in [-0.39, 0.29) is 18.4 Å². The zero-order valence-electron chi connectivity index (χ0n) is 14.3. The Bertz CT molecular complexity index is 685. The first kappa shape index (κ1) is 17.6. The molecule has 0 radical (unpaired) electrons. The summed E-state index contributed by atoms with van der Waals surface area (Å²) >= 11 is 0. The SMILES string of the molecule is C[C@H]1CC[C@H](COc2nc(Nc3cnn(CCF)c3)ncc2F)CC1. The predicted octanol–water partition coefficient (Wildman–Crippen LogP) is 3.73. The molecule has 1 fully saturated rings. The summed E-state index contributed by atoms with van der Waals surface area (Å²) in [4.78, 5) is 8.00. The van der Waals surface area contributed by atoms with Crippen LogP contribution in [-0.4, -0.2) is 33.0 Å². The van der Waals surface area contributed by atoms with Gasteiger partial charge in [0.15, 0.2) is 0 Å². The van der Waals surface area contributed by atoms with Gasteiger partial charge in [0.1, 0.15) is 6.67 Å². The van der Waals surface area contributed by atoms with Crippen molar-refractivity contribution in [1.29, 1.82) is 0 Å². The molecule has 2 aromatic rings. The average molecular weight is 351 g/mol. The van der Waals surface area contributed by atoms with E-state index in [1.165, 1.54) is 23.7 Å². The second-order valence-corrected chi connectivity index (χ2v) is 6.59. The number of halogens is 2. The molecular weight excluding hydrogens is 328 g/mol. The lowest BCUT2D eigenvalue weighted by Gasteiger charge is -2.25. The van der Waals surface area contributed by atoms with Crippen LogP contribution in [0.5, 0.6) is 5.88 Å². The number of nitrogens with zero attached hydrogens (tertiary/aromatic N) is 4. The molecule has 1 aliphatic carbocycles. The Hall–Kier alpha value is -2.25. The number of alkyl halides is 1. The Labute approximate surface area is 145 Å². The van der Waals surface area contributed by atoms with Crippen LogP contribution in [-0.2, 0) is 6.54 Å². The molecule has 136 valence electrons. The van der Waals surface area contributed by atoms with Gasteiger partial charge >= 0.3 is 0 Å². The highest BCUT2D eigenvalue weighted by atomic mass is 19.1. The fourth-order valence-corrected chi connectivity index (χ4v) is 2.97. The molecule has 1 saturated carbocycles. The van der Waals surface area contributed by atoms with Crippen LogP contribution in [0.15, 0.2) is 18.6 Å². The lowest BCUT2D eigenvalue weighted by Crippen LogP contribution is -2.19. The molecule has 0 amide bonds. The van der Waals surface area contributed by atoms with E-state index in [0.717, 1.165) is 25.0 Å². The maximum atomic E-state index is 13.9. The molecule has 3 rings (SSSR count). The van der Waals surface area contributed by atoms with Gasteiger partial charge in [-0.25, -0.2) is 9.37 Å². The number of aryl methyl sites for hydroxylation is 1. The molecule has 1 N–H and O–H groups in total. The Morgan fingerprint density at radius 1 is 1.28 bits per heavy atom. The third-order valence-electron chi connectivity index (χ3n) is 4.51. The van der Waals surface area contributed by atoms with Gasteiger partial charge in [0.05, 0.1) is 31.2 Å². The van der Waals surface area contributed by atoms with Crippen LogP contribution < -0.4 is 10.1 Å². The predicted molar refractivity (Wildman–Crippen MR) is 90.1 cm³/mol. The Kier molecular flexibility index (Phi) is 5.78. The molecule has 1 aliphatic rings. The van der Waals surface area contributed by atoms with Crippen LogP contribution in [0.25, 0.3) is 0 Å². The second-order valence-electron chi connectivity index (χ2n) is 6.59. The number of aromatic nitrogens is 4. The van der Waals surface area contributed by atoms with Crippen molar-refractivity contribution in [1.82, 2.24) is 19.7 Å². The van der Waals surface area contributed by atoms with Crippen molar-refractivity contribution in [2.45, 2.75) is 39.2 Å². The number of nitrogens with one attached hydrogen (secondary N) is 1. The van der Waals surface area contributed by atoms with Gasteiger partial charge in [0, 0.05) is 6.20 Å². The van der Waals surface area contributed by atoms with Crippen LogP contribution in [0.3, 0.4) is 0 Å². The summed E-state index contributed by atoms with van der Waals surface area (Å²) in [5, 5.41) is 6.92. The third kappa shape index (κ3) is 4.87. The molecule has 2 heterocycles. The molecule has 8 heteroatoms. The van der Waals surface area contributed by atoms with Crippen LogP contribution in [0.4, 0.5) is 20.4 Å². The van der Waals surface area contributed by atoms with Crippen LogP contribution >= 0.6 is 0 Å². The van der Waals surface area contributed by atoms with Gasteiger partial charge in [-0.15, -0.1) is 0 Å². The molecule has 25 heavy (non-hydrogen) atoms. The second kappa shape index (κ2) is 8.22. The number of ether oxygens (including phenoxy) is 1. The first-order chi connectivity index (χ1) is 12.1. The summed E-state index contributed by atoms with van der Waals surface area (Å²) in [6, 6.07) is 0. The molecule has 0 atom stereocenters. The van der Waals surface area contributed by atoms with E-state index in [2.05, 4.69) is 27.3 Å². The molecular formula is C17H23F2N5O. The Balaban J connectivity index is 1.59. The van der Waals surface area contributed by atoms with Gasteiger partial charge in [-0.1, -0.05) is 19.8 Å². The van der Waals surface area contributed by atoms with Gasteiger partial charge < -0.3 is 10.1 Å². The van der Waals surface area contributed by atoms with Crippen molar-refractivity contribution in [2.24, 2.45) is 11.8 Å². The molecule has 0 aliphatic heterocycles. The van der Waals surface area contributed by atoms with Crippen molar-refractivity contribution in [3.63, 3.8) is 0 Å². The van der Waals surface area contributed by atoms with E-state index < -0.39 is 12.5 Å². The largest absolute Gasteiger partial charge is 0.475 e. The highest BCUT2D eigenvalue weighted by Crippen LogP contribution is 2.29. The Morgan fingerprint density at radius 2 is 2.08 bits per heavy atom. The fraction of sp³-hybridized carbons (Fsp3) is 0.588. The van der Waals surface area contributed by atoms with Gasteiger partial charge in [-0.2, -0.15) is 14.5 Å². The topological polar surface area (TPSA) is 64.9 Å². The summed E-state index contributed by atoms with van der Waals surface area (Å²) in [5.41, 5.74) is 0.604. The Morgan fingerprint density at radius 3 is 2.84 bits per heavy atom. The van der Waals surface area contributed by atoms with E-state index in [0.29, 0.717) is 18.2 Å². The average Bonchev–Trinajstić information content (AvgIpc) is 3.04. The monoisotopic (exact) mass is 351 g/mol. The van der Waals surface area contributed by atoms with E-state index in [4.69, 9.17) is 4.74 Å². The lowest BCUT2D eigenvalue weighted by atomic mass is 9.83. The maximum absolute atomic E-state index is 13.9. The lowest BCUT2D eigenvalue weighted by molar-refractivity contribution is 0.178. The minimum Gasteiger partial charge on any atom is -0.475 e. The van der Waals surface area contributed by atoms with Gasteiger partial charge in [-0.3, -0.25) is 4.68 Å². The fourth-order valence-electron chi connectivity index (χ4n) is 2.97. The summed E-state index contributed by atoms with van der Waals surface area (Å²) in [5.74, 6) is 0.797. The number of hydrogen-bond donors (Lipinski definition) is 1. The summed E-state index contributed by atoms with van der Waals surface area (Å²) in [6.07, 6.45) is 8.84. The van der Waals surface area contributed by atoms with Crippen molar-refractivity contribution < 1.29 is 13.5 Å². The van der Waals surface area contributed by atoms with Crippen molar-refractivity contribution in [3.05, 3.63) is 24.4 Å². The van der Waals surface area contributed by atoms with Crippen LogP contribution in [0.1, 0.15) is 32.6 Å². The van der Waals surface area contributed by atoms with E-state index in [1.54, 1.807) is 6.20 Å². The molecule has 6 nitrogen and oxygen atoms in total. The summed E-state index contributed by atoms with van der Waals surface area (Å²) < 4.78 is 33.3. The molecule has 0 bridgehead atoms. The van der Waals surface area contributed by atoms with E-state index >= 15 is 0 Å². The van der Waals surface area contributed by atoms with Gasteiger partial charge in [0.2, 0.25) is 11.8 Å². The van der Waals surface area contributed by atoms with Crippen LogP contribution in [0.2, 0.25) is 0 Å². The van der Waals surface area contributed by atoms with Crippen LogP contribution in [0, 0.1) is 17.7 Å². The minimum absolute atomic E-state index is 0.0488. The molecule has 0 unspecified atom stereocenters. The number of rotatable bonds is 7. The standard InChI is InChI=1S/C17H23F2N5O/c1-12-2-4-13(5-3-12)11-25-16-15(19)9-20-17(23-16)22-14-8-21-24(10-14)7-6-18/h8-10,12-13H,2-7,11H2,1H3,(H,20,22,23)/t12-,13-. The van der Waals surface area contributed by atoms with Crippen molar-refractivity contribution in [3.8, 4) is 5.88 Å². The zero-order chi connectivity index (χ0) is 17.6. The summed E-state index contributed by atoms with van der Waals surface area (Å²) in [7, 11) is 0. The highest BCUT2D eigenvalue weighted by Gasteiger charge is 2.20. The minimum atomic E-state index is -0.581. The van der Waals surface area contributed by atoms with Crippen molar-refractivity contribution >= 4 is 11.6 Å². The maximum Gasteiger partial charge on any atom is 0.255 e. The van der Waals surface area contributed by atoms with Crippen molar-refractivity contribution in [2.75, 3.05) is 18.6 Å². The molecule has 2 aromatic heterocycles. The molecule has 0 saturated heterocycles. The van der Waals surface area contributed by atoms with Gasteiger partial charge in [-0.05, 0) is 24.7 Å². The molecule has 0 spiro atoms. The normalized spacial score (nSPS) is 20.4.